The van der Waals surface area contributed by atoms with Gasteiger partial charge in [-0.05, 0) is 143 Å². The monoisotopic (exact) mass is 957 g/mol. The van der Waals surface area contributed by atoms with Crippen LogP contribution in [0.3, 0.4) is 0 Å². The number of nitrogens with one attached hydrogen (secondary N) is 3. The van der Waals surface area contributed by atoms with Crippen molar-refractivity contribution in [2.45, 2.75) is 96.1 Å². The number of carbonyl (C=O) groups is 4. The third kappa shape index (κ3) is 20.0. The number of thioether (sulfide) groups is 1. The molecule has 1 aromatic heterocycles. The SMILES string of the molecule is C=C/C(=C\C(=C/C)CNC=O)C(F)(F)F.CC(C)CCOC(C)(C)CC(=O)O.CNC(=O)c1cccc(SCc2cccc(C(=O)Nc3ccc(N4CCCCC4)cc3-c3cc(C)ccn3)c2)c1. The Hall–Kier alpha value is -6.19. The molecule has 1 aliphatic rings. The molecule has 1 saturated heterocycles. The number of ether oxygens (including phenoxy) is 1. The van der Waals surface area contributed by atoms with Crippen molar-refractivity contribution in [2.75, 3.05) is 43.5 Å². The van der Waals surface area contributed by atoms with E-state index in [2.05, 4.69) is 71.4 Å². The molecule has 68 heavy (non-hydrogen) atoms. The number of halogens is 3. The first-order chi connectivity index (χ1) is 32.3. The van der Waals surface area contributed by atoms with Gasteiger partial charge in [0.05, 0.1) is 29.0 Å². The molecule has 0 saturated carbocycles. The number of allylic oxidation sites excluding steroid dienone is 3. The van der Waals surface area contributed by atoms with Gasteiger partial charge in [-0.15, -0.1) is 11.8 Å². The molecule has 1 aliphatic heterocycles. The van der Waals surface area contributed by atoms with Crippen LogP contribution in [0, 0.1) is 12.8 Å². The molecule has 0 aliphatic carbocycles. The molecule has 0 spiro atoms. The van der Waals surface area contributed by atoms with Gasteiger partial charge in [0.25, 0.3) is 11.8 Å². The Morgan fingerprint density at radius 3 is 2.25 bits per heavy atom. The summed E-state index contributed by atoms with van der Waals surface area (Å²) in [6.07, 6.45) is 5.71. The van der Waals surface area contributed by atoms with Gasteiger partial charge in [-0.25, -0.2) is 0 Å². The summed E-state index contributed by atoms with van der Waals surface area (Å²) in [6, 6.07) is 25.5. The number of aryl methyl sites for hydroxylation is 1. The summed E-state index contributed by atoms with van der Waals surface area (Å²) in [5, 5.41) is 16.7. The fourth-order valence-corrected chi connectivity index (χ4v) is 7.66. The zero-order chi connectivity index (χ0) is 50.3. The zero-order valence-corrected chi connectivity index (χ0v) is 41.0. The second-order valence-corrected chi connectivity index (χ2v) is 18.1. The summed E-state index contributed by atoms with van der Waals surface area (Å²) in [5.74, 6) is 0.204. The number of hydrogen-bond donors (Lipinski definition) is 4. The number of carboxylic acids is 1. The highest BCUT2D eigenvalue weighted by Gasteiger charge is 2.31. The summed E-state index contributed by atoms with van der Waals surface area (Å²) in [6.45, 7) is 17.4. The summed E-state index contributed by atoms with van der Waals surface area (Å²) in [7, 11) is 1.63. The maximum Gasteiger partial charge on any atom is 0.416 e. The number of piperidine rings is 1. The third-order valence-electron chi connectivity index (χ3n) is 10.5. The van der Waals surface area contributed by atoms with Gasteiger partial charge in [-0.3, -0.25) is 24.2 Å². The fraction of sp³-hybridized carbons (Fsp3) is 0.377. The van der Waals surface area contributed by atoms with Crippen molar-refractivity contribution in [3.8, 4) is 11.3 Å². The van der Waals surface area contributed by atoms with Gasteiger partial charge in [0.2, 0.25) is 6.41 Å². The van der Waals surface area contributed by atoms with E-state index in [-0.39, 0.29) is 24.8 Å². The maximum absolute atomic E-state index is 13.4. The Morgan fingerprint density at radius 2 is 1.65 bits per heavy atom. The van der Waals surface area contributed by atoms with Crippen molar-refractivity contribution < 1.29 is 42.2 Å². The number of rotatable bonds is 19. The Balaban J connectivity index is 0.000000359. The first kappa shape index (κ1) is 56.1. The number of aliphatic carboxylic acids is 1. The number of hydrogen-bond acceptors (Lipinski definition) is 8. The van der Waals surface area contributed by atoms with Crippen LogP contribution < -0.4 is 20.9 Å². The third-order valence-corrected chi connectivity index (χ3v) is 11.6. The van der Waals surface area contributed by atoms with Crippen molar-refractivity contribution in [3.05, 3.63) is 143 Å². The van der Waals surface area contributed by atoms with Gasteiger partial charge in [0, 0.05) is 72.5 Å². The molecule has 1 fully saturated rings. The average Bonchev–Trinajstić information content (AvgIpc) is 3.30. The predicted octanol–water partition coefficient (Wildman–Crippen LogP) is 11.6. The molecular weight excluding hydrogens is 892 g/mol. The highest BCUT2D eigenvalue weighted by Crippen LogP contribution is 2.34. The summed E-state index contributed by atoms with van der Waals surface area (Å²) >= 11 is 1.63. The first-order valence-electron chi connectivity index (χ1n) is 22.6. The van der Waals surface area contributed by atoms with E-state index in [1.807, 2.05) is 60.8 Å². The number of alkyl halides is 3. The Bertz CT molecular complexity index is 2360. The van der Waals surface area contributed by atoms with E-state index in [9.17, 15) is 32.3 Å². The first-order valence-corrected chi connectivity index (χ1v) is 23.5. The van der Waals surface area contributed by atoms with E-state index in [1.54, 1.807) is 45.6 Å². The summed E-state index contributed by atoms with van der Waals surface area (Å²) < 4.78 is 42.3. The van der Waals surface area contributed by atoms with Gasteiger partial charge >= 0.3 is 12.1 Å². The van der Waals surface area contributed by atoms with E-state index in [4.69, 9.17) is 9.84 Å². The minimum absolute atomic E-state index is 0.0606. The van der Waals surface area contributed by atoms with Gasteiger partial charge in [0.15, 0.2) is 0 Å². The summed E-state index contributed by atoms with van der Waals surface area (Å²) in [5.41, 5.74) is 6.05. The van der Waals surface area contributed by atoms with E-state index >= 15 is 0 Å². The Morgan fingerprint density at radius 1 is 0.956 bits per heavy atom. The van der Waals surface area contributed by atoms with Crippen LogP contribution in [-0.2, 0) is 20.1 Å². The van der Waals surface area contributed by atoms with Crippen molar-refractivity contribution in [2.24, 2.45) is 5.92 Å². The lowest BCUT2D eigenvalue weighted by Crippen LogP contribution is -2.29. The smallest absolute Gasteiger partial charge is 0.416 e. The Kier molecular flexibility index (Phi) is 23.3. The highest BCUT2D eigenvalue weighted by atomic mass is 32.2. The van der Waals surface area contributed by atoms with Crippen LogP contribution in [0.15, 0.2) is 126 Å². The van der Waals surface area contributed by atoms with Crippen LogP contribution in [0.2, 0.25) is 0 Å². The Labute approximate surface area is 403 Å². The molecule has 4 aromatic rings. The molecule has 3 amide bonds. The number of carboxylic acid groups (broad SMARTS) is 1. The molecule has 0 atom stereocenters. The van der Waals surface area contributed by atoms with Gasteiger partial charge < -0.3 is 30.7 Å². The molecular formula is C53H66F3N5O6S. The second-order valence-electron chi connectivity index (χ2n) is 17.1. The quantitative estimate of drug-likeness (QED) is 0.0409. The predicted molar refractivity (Wildman–Crippen MR) is 268 cm³/mol. The second kappa shape index (κ2) is 28.2. The van der Waals surface area contributed by atoms with Crippen LogP contribution in [-0.4, -0.2) is 79.4 Å². The van der Waals surface area contributed by atoms with E-state index < -0.39 is 23.3 Å². The molecule has 3 aromatic carbocycles. The average molecular weight is 958 g/mol. The normalized spacial score (nSPS) is 13.0. The molecule has 0 radical (unpaired) electrons. The number of benzene rings is 3. The molecule has 2 heterocycles. The van der Waals surface area contributed by atoms with E-state index in [0.29, 0.717) is 41.4 Å². The molecule has 0 unspecified atom stereocenters. The number of nitrogens with zero attached hydrogens (tertiary/aromatic N) is 2. The van der Waals surface area contributed by atoms with Crippen molar-refractivity contribution in [1.29, 1.82) is 0 Å². The van der Waals surface area contributed by atoms with Crippen LogP contribution >= 0.6 is 11.8 Å². The van der Waals surface area contributed by atoms with Crippen LogP contribution in [0.1, 0.15) is 98.6 Å². The van der Waals surface area contributed by atoms with E-state index in [0.717, 1.165) is 70.3 Å². The van der Waals surface area contributed by atoms with Crippen LogP contribution in [0.25, 0.3) is 11.3 Å². The van der Waals surface area contributed by atoms with Crippen molar-refractivity contribution >= 4 is 47.3 Å². The maximum atomic E-state index is 13.4. The molecule has 366 valence electrons. The van der Waals surface area contributed by atoms with Crippen molar-refractivity contribution in [3.63, 3.8) is 0 Å². The minimum atomic E-state index is -4.42. The number of pyridine rings is 1. The molecule has 15 heteroatoms. The zero-order valence-electron chi connectivity index (χ0n) is 40.2. The van der Waals surface area contributed by atoms with Crippen LogP contribution in [0.5, 0.6) is 0 Å². The van der Waals surface area contributed by atoms with Gasteiger partial charge in [-0.1, -0.05) is 50.8 Å². The van der Waals surface area contributed by atoms with E-state index in [1.165, 1.54) is 25.3 Å². The highest BCUT2D eigenvalue weighted by molar-refractivity contribution is 7.98. The number of amides is 3. The lowest BCUT2D eigenvalue weighted by molar-refractivity contribution is -0.143. The van der Waals surface area contributed by atoms with Crippen LogP contribution in [0.4, 0.5) is 24.5 Å². The van der Waals surface area contributed by atoms with Crippen molar-refractivity contribution in [1.82, 2.24) is 15.6 Å². The molecule has 4 N–H and O–H groups in total. The lowest BCUT2D eigenvalue weighted by atomic mass is 10.0. The van der Waals surface area contributed by atoms with Gasteiger partial charge in [-0.2, -0.15) is 13.2 Å². The topological polar surface area (TPSA) is 150 Å². The molecule has 11 nitrogen and oxygen atoms in total. The standard InChI is InChI=1S/C33H34N4O2S.C10H12F3NO.C10H20O3/c1-23-14-15-35-31(18-23)29-21-27(37-16-4-3-5-17-37)12-13-30(29)36-33(39)25-9-6-8-24(19-25)22-40-28-11-7-10-26(20-28)32(38)34-2;1-3-8(6-14-7-15)5-9(4-2)10(11,12)13;1-8(2)5-6-13-10(3,4)7-9(11)12/h6-15,18-21H,3-5,16-17,22H2,1-2H3,(H,34,38)(H,36,39);3-5,7H,2,6H2,1H3,(H,14,15);8H,5-7H2,1-4H3,(H,11,12)/b;8-3+,9-5+;. The number of carbonyl (C=O) groups excluding carboxylic acids is 3. The van der Waals surface area contributed by atoms with Gasteiger partial charge in [0.1, 0.15) is 0 Å². The summed E-state index contributed by atoms with van der Waals surface area (Å²) in [4.78, 5) is 53.9. The number of anilines is 2. The minimum Gasteiger partial charge on any atom is -0.481 e. The fourth-order valence-electron chi connectivity index (χ4n) is 6.76. The molecule has 5 rings (SSSR count). The number of aromatic nitrogens is 1. The molecule has 0 bridgehead atoms. The largest absolute Gasteiger partial charge is 0.481 e. The lowest BCUT2D eigenvalue weighted by Gasteiger charge is -2.29.